The molecule has 1 N–H and O–H groups in total. The smallest absolute Gasteiger partial charge is 0.410 e. The van der Waals surface area contributed by atoms with E-state index in [0.29, 0.717) is 13.1 Å². The summed E-state index contributed by atoms with van der Waals surface area (Å²) in [5.41, 5.74) is 0.506. The molecule has 0 radical (unpaired) electrons. The summed E-state index contributed by atoms with van der Waals surface area (Å²) < 4.78 is 5.49. The maximum Gasteiger partial charge on any atom is 0.410 e. The summed E-state index contributed by atoms with van der Waals surface area (Å²) in [6, 6.07) is 10.2. The van der Waals surface area contributed by atoms with Crippen LogP contribution in [0.4, 0.5) is 4.79 Å². The normalized spacial score (nSPS) is 18.9. The second-order valence-corrected chi connectivity index (χ2v) is 6.85. The van der Waals surface area contributed by atoms with Crippen LogP contribution in [0.25, 0.3) is 10.8 Å². The molecule has 1 aliphatic rings. The van der Waals surface area contributed by atoms with E-state index in [9.17, 15) is 4.79 Å². The number of nitrogens with one attached hydrogen (secondary N) is 1. The number of pyridine rings is 1. The first-order valence-electron chi connectivity index (χ1n) is 7.99. The van der Waals surface area contributed by atoms with Gasteiger partial charge in [-0.15, -0.1) is 0 Å². The van der Waals surface area contributed by atoms with E-state index in [2.05, 4.69) is 22.4 Å². The van der Waals surface area contributed by atoms with E-state index in [4.69, 9.17) is 4.74 Å². The van der Waals surface area contributed by atoms with Gasteiger partial charge in [0.25, 0.3) is 0 Å². The fourth-order valence-corrected chi connectivity index (χ4v) is 2.85. The second kappa shape index (κ2) is 6.16. The Kier molecular flexibility index (Phi) is 4.22. The minimum Gasteiger partial charge on any atom is -0.444 e. The average Bonchev–Trinajstić information content (AvgIpc) is 2.53. The lowest BCUT2D eigenvalue weighted by atomic mass is 10.0. The third-order valence-electron chi connectivity index (χ3n) is 3.86. The molecule has 0 aliphatic carbocycles. The van der Waals surface area contributed by atoms with Gasteiger partial charge in [0.15, 0.2) is 0 Å². The molecule has 1 atom stereocenters. The SMILES string of the molecule is CC(C)(C)OC(=O)N1CCNC(c2nccc3ccccc23)C1. The van der Waals surface area contributed by atoms with Crippen LogP contribution in [0.15, 0.2) is 36.5 Å². The van der Waals surface area contributed by atoms with Gasteiger partial charge in [0, 0.05) is 31.2 Å². The Morgan fingerprint density at radius 2 is 2.09 bits per heavy atom. The Bertz CT molecular complexity index is 703. The number of amides is 1. The van der Waals surface area contributed by atoms with E-state index < -0.39 is 5.60 Å². The molecule has 1 fully saturated rings. The highest BCUT2D eigenvalue weighted by atomic mass is 16.6. The van der Waals surface area contributed by atoms with Crippen molar-refractivity contribution in [3.63, 3.8) is 0 Å². The van der Waals surface area contributed by atoms with Crippen LogP contribution >= 0.6 is 0 Å². The quantitative estimate of drug-likeness (QED) is 0.879. The first-order valence-corrected chi connectivity index (χ1v) is 7.99. The van der Waals surface area contributed by atoms with Crippen molar-refractivity contribution < 1.29 is 9.53 Å². The van der Waals surface area contributed by atoms with E-state index in [1.165, 1.54) is 0 Å². The number of hydrogen-bond donors (Lipinski definition) is 1. The van der Waals surface area contributed by atoms with Gasteiger partial charge in [-0.25, -0.2) is 4.79 Å². The molecule has 3 rings (SSSR count). The molecule has 1 unspecified atom stereocenters. The van der Waals surface area contributed by atoms with Crippen LogP contribution in [-0.2, 0) is 4.74 Å². The maximum atomic E-state index is 12.3. The monoisotopic (exact) mass is 313 g/mol. The highest BCUT2D eigenvalue weighted by Crippen LogP contribution is 2.24. The lowest BCUT2D eigenvalue weighted by molar-refractivity contribution is 0.0194. The number of ether oxygens (including phenoxy) is 1. The first kappa shape index (κ1) is 15.7. The third kappa shape index (κ3) is 3.62. The van der Waals surface area contributed by atoms with E-state index >= 15 is 0 Å². The molecule has 0 bridgehead atoms. The number of nitrogens with zero attached hydrogens (tertiary/aromatic N) is 2. The number of piperazine rings is 1. The van der Waals surface area contributed by atoms with Crippen molar-refractivity contribution in [1.82, 2.24) is 15.2 Å². The summed E-state index contributed by atoms with van der Waals surface area (Å²) in [6.07, 6.45) is 1.57. The number of fused-ring (bicyclic) bond motifs is 1. The molecule has 1 aromatic heterocycles. The molecule has 2 aromatic rings. The van der Waals surface area contributed by atoms with Crippen molar-refractivity contribution in [3.8, 4) is 0 Å². The van der Waals surface area contributed by atoms with Crippen LogP contribution in [-0.4, -0.2) is 41.2 Å². The van der Waals surface area contributed by atoms with Crippen LogP contribution in [0.3, 0.4) is 0 Å². The lowest BCUT2D eigenvalue weighted by Crippen LogP contribution is -2.49. The standard InChI is InChI=1S/C18H23N3O2/c1-18(2,3)23-17(22)21-11-10-19-15(12-21)16-14-7-5-4-6-13(14)8-9-20-16/h4-9,15,19H,10-12H2,1-3H3. The van der Waals surface area contributed by atoms with Gasteiger partial charge in [-0.05, 0) is 32.2 Å². The molecule has 1 aliphatic heterocycles. The minimum atomic E-state index is -0.477. The molecule has 0 spiro atoms. The van der Waals surface area contributed by atoms with Gasteiger partial charge in [0.1, 0.15) is 5.60 Å². The van der Waals surface area contributed by atoms with Crippen molar-refractivity contribution in [3.05, 3.63) is 42.2 Å². The van der Waals surface area contributed by atoms with Crippen molar-refractivity contribution in [2.45, 2.75) is 32.4 Å². The molecular formula is C18H23N3O2. The average molecular weight is 313 g/mol. The molecular weight excluding hydrogens is 290 g/mol. The molecule has 1 amide bonds. The number of hydrogen-bond acceptors (Lipinski definition) is 4. The zero-order valence-electron chi connectivity index (χ0n) is 13.9. The van der Waals surface area contributed by atoms with Crippen molar-refractivity contribution >= 4 is 16.9 Å². The summed E-state index contributed by atoms with van der Waals surface area (Å²) in [6.45, 7) is 7.60. The van der Waals surface area contributed by atoms with Gasteiger partial charge >= 0.3 is 6.09 Å². The third-order valence-corrected chi connectivity index (χ3v) is 3.86. The van der Waals surface area contributed by atoms with Crippen LogP contribution in [0.5, 0.6) is 0 Å². The highest BCUT2D eigenvalue weighted by Gasteiger charge is 2.29. The fraction of sp³-hybridized carbons (Fsp3) is 0.444. The summed E-state index contributed by atoms with van der Waals surface area (Å²) in [4.78, 5) is 18.6. The van der Waals surface area contributed by atoms with Gasteiger partial charge in [-0.2, -0.15) is 0 Å². The summed E-state index contributed by atoms with van der Waals surface area (Å²) in [5, 5.41) is 5.75. The van der Waals surface area contributed by atoms with Gasteiger partial charge < -0.3 is 15.0 Å². The van der Waals surface area contributed by atoms with Gasteiger partial charge in [-0.3, -0.25) is 4.98 Å². The van der Waals surface area contributed by atoms with E-state index in [1.54, 1.807) is 4.90 Å². The Hall–Kier alpha value is -2.14. The minimum absolute atomic E-state index is 0.0161. The molecule has 0 saturated carbocycles. The number of carbonyl (C=O) groups excluding carboxylic acids is 1. The predicted octanol–water partition coefficient (Wildman–Crippen LogP) is 3.12. The molecule has 1 saturated heterocycles. The number of benzene rings is 1. The maximum absolute atomic E-state index is 12.3. The molecule has 23 heavy (non-hydrogen) atoms. The van der Waals surface area contributed by atoms with Crippen LogP contribution in [0, 0.1) is 0 Å². The lowest BCUT2D eigenvalue weighted by Gasteiger charge is -2.35. The Balaban J connectivity index is 1.82. The predicted molar refractivity (Wildman–Crippen MR) is 90.3 cm³/mol. The molecule has 5 nitrogen and oxygen atoms in total. The van der Waals surface area contributed by atoms with Crippen molar-refractivity contribution in [2.75, 3.05) is 19.6 Å². The van der Waals surface area contributed by atoms with Gasteiger partial charge in [0.05, 0.1) is 11.7 Å². The number of rotatable bonds is 1. The highest BCUT2D eigenvalue weighted by molar-refractivity contribution is 5.84. The zero-order chi connectivity index (χ0) is 16.4. The van der Waals surface area contributed by atoms with E-state index in [-0.39, 0.29) is 12.1 Å². The van der Waals surface area contributed by atoms with E-state index in [1.807, 2.05) is 45.2 Å². The van der Waals surface area contributed by atoms with Crippen LogP contribution in [0.2, 0.25) is 0 Å². The fourth-order valence-electron chi connectivity index (χ4n) is 2.85. The van der Waals surface area contributed by atoms with E-state index in [0.717, 1.165) is 23.0 Å². The van der Waals surface area contributed by atoms with Crippen molar-refractivity contribution in [1.29, 1.82) is 0 Å². The first-order chi connectivity index (χ1) is 10.9. The molecule has 1 aromatic carbocycles. The Morgan fingerprint density at radius 1 is 1.30 bits per heavy atom. The van der Waals surface area contributed by atoms with Gasteiger partial charge in [0.2, 0.25) is 0 Å². The van der Waals surface area contributed by atoms with Crippen LogP contribution in [0.1, 0.15) is 32.5 Å². The summed E-state index contributed by atoms with van der Waals surface area (Å²) in [5.74, 6) is 0. The van der Waals surface area contributed by atoms with Crippen molar-refractivity contribution in [2.24, 2.45) is 0 Å². The zero-order valence-corrected chi connectivity index (χ0v) is 13.9. The molecule has 5 heteroatoms. The Labute approximate surface area is 136 Å². The van der Waals surface area contributed by atoms with Crippen LogP contribution < -0.4 is 5.32 Å². The Morgan fingerprint density at radius 3 is 2.87 bits per heavy atom. The summed E-state index contributed by atoms with van der Waals surface area (Å²) >= 11 is 0. The topological polar surface area (TPSA) is 54.5 Å². The number of aromatic nitrogens is 1. The van der Waals surface area contributed by atoms with Gasteiger partial charge in [-0.1, -0.05) is 24.3 Å². The second-order valence-electron chi connectivity index (χ2n) is 6.85. The largest absolute Gasteiger partial charge is 0.444 e. The number of carbonyl (C=O) groups is 1. The molecule has 122 valence electrons. The summed E-state index contributed by atoms with van der Waals surface area (Å²) in [7, 11) is 0. The molecule has 2 heterocycles.